The first-order valence-electron chi connectivity index (χ1n) is 7.39. The van der Waals surface area contributed by atoms with Crippen LogP contribution >= 0.6 is 0 Å². The van der Waals surface area contributed by atoms with Crippen molar-refractivity contribution in [3.63, 3.8) is 0 Å². The van der Waals surface area contributed by atoms with E-state index in [2.05, 4.69) is 19.1 Å². The van der Waals surface area contributed by atoms with E-state index in [9.17, 15) is 9.90 Å². The number of carbonyl (C=O) groups is 1. The fraction of sp³-hybridized carbons (Fsp3) is 0.588. The van der Waals surface area contributed by atoms with Crippen LogP contribution in [0.5, 0.6) is 0 Å². The molecule has 1 aliphatic rings. The average molecular weight is 294 g/mol. The summed E-state index contributed by atoms with van der Waals surface area (Å²) in [6, 6.07) is 0. The lowest BCUT2D eigenvalue weighted by Crippen LogP contribution is -2.26. The van der Waals surface area contributed by atoms with Crippen molar-refractivity contribution >= 4 is 5.97 Å². The second kappa shape index (κ2) is 9.53. The topological polar surface area (TPSA) is 55.8 Å². The number of carbonyl (C=O) groups excluding carboxylic acids is 1. The number of aliphatic hydroxyl groups excluding tert-OH is 1. The smallest absolute Gasteiger partial charge is 0.331 e. The summed E-state index contributed by atoms with van der Waals surface area (Å²) in [6.45, 7) is 3.80. The highest BCUT2D eigenvalue weighted by Crippen LogP contribution is 2.14. The van der Waals surface area contributed by atoms with E-state index < -0.39 is 12.1 Å². The molecule has 0 fully saturated rings. The quantitative estimate of drug-likeness (QED) is 0.628. The van der Waals surface area contributed by atoms with Gasteiger partial charge in [0.15, 0.2) is 0 Å². The van der Waals surface area contributed by atoms with Crippen LogP contribution in [0.25, 0.3) is 0 Å². The molecule has 0 aromatic carbocycles. The highest BCUT2D eigenvalue weighted by atomic mass is 16.6. The fourth-order valence-corrected chi connectivity index (χ4v) is 2.13. The molecule has 0 aromatic rings. The van der Waals surface area contributed by atoms with Crippen molar-refractivity contribution in [1.82, 2.24) is 0 Å². The van der Waals surface area contributed by atoms with Gasteiger partial charge in [-0.25, -0.2) is 4.79 Å². The highest BCUT2D eigenvalue weighted by Gasteiger charge is 2.17. The predicted octanol–water partition coefficient (Wildman–Crippen LogP) is 2.93. The molecule has 21 heavy (non-hydrogen) atoms. The fourth-order valence-electron chi connectivity index (χ4n) is 2.13. The van der Waals surface area contributed by atoms with Gasteiger partial charge in [-0.3, -0.25) is 0 Å². The lowest BCUT2D eigenvalue weighted by Gasteiger charge is -2.19. The first-order valence-corrected chi connectivity index (χ1v) is 7.39. The van der Waals surface area contributed by atoms with Gasteiger partial charge in [0.2, 0.25) is 0 Å². The second-order valence-electron chi connectivity index (χ2n) is 5.46. The van der Waals surface area contributed by atoms with Crippen LogP contribution in [0, 0.1) is 0 Å². The first kappa shape index (κ1) is 17.7. The van der Waals surface area contributed by atoms with Crippen LogP contribution in [0.3, 0.4) is 0 Å². The van der Waals surface area contributed by atoms with E-state index >= 15 is 0 Å². The molecular formula is C17H26O4. The zero-order chi connectivity index (χ0) is 15.7. The van der Waals surface area contributed by atoms with Crippen LogP contribution in [0.15, 0.2) is 35.5 Å². The number of esters is 1. The van der Waals surface area contributed by atoms with Gasteiger partial charge in [-0.2, -0.15) is 0 Å². The number of allylic oxidation sites excluding steroid dienone is 4. The minimum absolute atomic E-state index is 0.160. The lowest BCUT2D eigenvalue weighted by atomic mass is 10.1. The van der Waals surface area contributed by atoms with E-state index in [-0.39, 0.29) is 12.7 Å². The van der Waals surface area contributed by atoms with Crippen LogP contribution in [0.2, 0.25) is 0 Å². The minimum atomic E-state index is -0.545. The number of cyclic esters (lactones) is 1. The summed E-state index contributed by atoms with van der Waals surface area (Å²) in [4.78, 5) is 11.8. The van der Waals surface area contributed by atoms with E-state index in [0.717, 1.165) is 24.8 Å². The number of rotatable bonds is 2. The monoisotopic (exact) mass is 294 g/mol. The van der Waals surface area contributed by atoms with Crippen molar-refractivity contribution in [3.05, 3.63) is 35.5 Å². The Morgan fingerprint density at radius 2 is 2.14 bits per heavy atom. The van der Waals surface area contributed by atoms with E-state index in [1.54, 1.807) is 7.11 Å². The van der Waals surface area contributed by atoms with Gasteiger partial charge >= 0.3 is 5.97 Å². The summed E-state index contributed by atoms with van der Waals surface area (Å²) in [7, 11) is 1.61. The van der Waals surface area contributed by atoms with Gasteiger partial charge in [0, 0.05) is 19.6 Å². The Hall–Kier alpha value is -1.39. The highest BCUT2D eigenvalue weighted by molar-refractivity contribution is 5.82. The average Bonchev–Trinajstić information content (AvgIpc) is 2.46. The summed E-state index contributed by atoms with van der Waals surface area (Å²) in [6.07, 6.45) is 10.1. The molecule has 2 atom stereocenters. The molecule has 0 radical (unpaired) electrons. The van der Waals surface area contributed by atoms with Crippen LogP contribution < -0.4 is 0 Å². The minimum Gasteiger partial charge on any atom is -0.457 e. The lowest BCUT2D eigenvalue weighted by molar-refractivity contribution is -0.146. The van der Waals surface area contributed by atoms with Gasteiger partial charge in [-0.05, 0) is 33.1 Å². The molecule has 1 N–H and O–H groups in total. The van der Waals surface area contributed by atoms with E-state index in [1.165, 1.54) is 11.6 Å². The molecule has 0 saturated carbocycles. The zero-order valence-electron chi connectivity index (χ0n) is 13.2. The van der Waals surface area contributed by atoms with Crippen LogP contribution in [0.4, 0.5) is 0 Å². The number of hydrogen-bond donors (Lipinski definition) is 1. The third kappa shape index (κ3) is 7.25. The van der Waals surface area contributed by atoms with E-state index in [0.29, 0.717) is 6.42 Å². The van der Waals surface area contributed by atoms with Gasteiger partial charge in [0.25, 0.3) is 0 Å². The zero-order valence-corrected chi connectivity index (χ0v) is 13.2. The molecule has 118 valence electrons. The third-order valence-corrected chi connectivity index (χ3v) is 3.48. The maximum atomic E-state index is 11.8. The van der Waals surface area contributed by atoms with Crippen molar-refractivity contribution in [1.29, 1.82) is 0 Å². The molecule has 4 nitrogen and oxygen atoms in total. The number of hydrogen-bond acceptors (Lipinski definition) is 4. The number of aliphatic hydroxyl groups is 1. The van der Waals surface area contributed by atoms with Gasteiger partial charge < -0.3 is 14.6 Å². The van der Waals surface area contributed by atoms with Gasteiger partial charge in [-0.15, -0.1) is 0 Å². The van der Waals surface area contributed by atoms with Gasteiger partial charge in [-0.1, -0.05) is 29.4 Å². The summed E-state index contributed by atoms with van der Waals surface area (Å²) < 4.78 is 10.6. The molecule has 0 unspecified atom stereocenters. The van der Waals surface area contributed by atoms with Gasteiger partial charge in [0.1, 0.15) is 6.10 Å². The van der Waals surface area contributed by atoms with E-state index in [1.807, 2.05) is 13.0 Å². The molecule has 1 heterocycles. The SMILES string of the molecule is CO[C@@H]1/C=C/CC/C(C)=C/C/C(C)=C/C(=O)O[C@@H](CO)C1. The van der Waals surface area contributed by atoms with Crippen molar-refractivity contribution in [2.45, 2.75) is 51.7 Å². The summed E-state index contributed by atoms with van der Waals surface area (Å²) in [5.41, 5.74) is 2.26. The summed E-state index contributed by atoms with van der Waals surface area (Å²) >= 11 is 0. The molecule has 0 amide bonds. The molecule has 4 heteroatoms. The summed E-state index contributed by atoms with van der Waals surface area (Å²) in [5.74, 6) is -0.409. The number of methoxy groups -OCH3 is 1. The van der Waals surface area contributed by atoms with Crippen molar-refractivity contribution in [2.75, 3.05) is 13.7 Å². The molecule has 0 spiro atoms. The first-order chi connectivity index (χ1) is 10.0. The normalized spacial score (nSPS) is 32.1. The largest absolute Gasteiger partial charge is 0.457 e. The molecule has 0 saturated heterocycles. The Morgan fingerprint density at radius 3 is 2.81 bits per heavy atom. The summed E-state index contributed by atoms with van der Waals surface area (Å²) in [5, 5.41) is 9.34. The molecular weight excluding hydrogens is 268 g/mol. The molecule has 0 bridgehead atoms. The Morgan fingerprint density at radius 1 is 1.38 bits per heavy atom. The predicted molar refractivity (Wildman–Crippen MR) is 82.9 cm³/mol. The van der Waals surface area contributed by atoms with Crippen molar-refractivity contribution in [3.8, 4) is 0 Å². The molecule has 0 aromatic heterocycles. The Labute approximate surface area is 127 Å². The third-order valence-electron chi connectivity index (χ3n) is 3.48. The number of ether oxygens (including phenoxy) is 2. The van der Waals surface area contributed by atoms with Crippen LogP contribution in [0.1, 0.15) is 39.5 Å². The van der Waals surface area contributed by atoms with Crippen molar-refractivity contribution < 1.29 is 19.4 Å². The Kier molecular flexibility index (Phi) is 8.01. The molecule has 1 aliphatic heterocycles. The van der Waals surface area contributed by atoms with E-state index in [4.69, 9.17) is 9.47 Å². The van der Waals surface area contributed by atoms with Crippen LogP contribution in [-0.4, -0.2) is 37.0 Å². The second-order valence-corrected chi connectivity index (χ2v) is 5.46. The molecule has 1 rings (SSSR count). The standard InChI is InChI=1S/C17H26O4/c1-13-6-4-5-7-15(20-3)11-16(12-18)21-17(19)10-14(2)9-8-13/h5,7-8,10,15-16,18H,4,6,9,11-12H2,1-3H3/b7-5+,13-8+,14-10+/t15-,16-/m1/s1. The maximum absolute atomic E-state index is 11.8. The van der Waals surface area contributed by atoms with Gasteiger partial charge in [0.05, 0.1) is 12.7 Å². The Balaban J connectivity index is 2.87. The van der Waals surface area contributed by atoms with Crippen molar-refractivity contribution in [2.24, 2.45) is 0 Å². The molecule has 0 aliphatic carbocycles. The maximum Gasteiger partial charge on any atom is 0.331 e. The van der Waals surface area contributed by atoms with Crippen LogP contribution in [-0.2, 0) is 14.3 Å². The Bertz CT molecular complexity index is 421.